The molecule has 0 aromatic heterocycles. The maximum atomic E-state index is 12.6. The molecule has 2 aromatic rings. The Labute approximate surface area is 169 Å². The summed E-state index contributed by atoms with van der Waals surface area (Å²) >= 11 is 5.96. The monoisotopic (exact) mass is 424 g/mol. The minimum absolute atomic E-state index is 0.172. The normalized spacial score (nSPS) is 15.2. The van der Waals surface area contributed by atoms with Crippen molar-refractivity contribution in [2.24, 2.45) is 0 Å². The van der Waals surface area contributed by atoms with Crippen LogP contribution in [0.3, 0.4) is 0 Å². The lowest BCUT2D eigenvalue weighted by Gasteiger charge is -2.26. The van der Waals surface area contributed by atoms with E-state index in [1.54, 1.807) is 30.3 Å². The van der Waals surface area contributed by atoms with Crippen LogP contribution in [0.15, 0.2) is 47.4 Å². The van der Waals surface area contributed by atoms with E-state index >= 15 is 0 Å². The van der Waals surface area contributed by atoms with Crippen molar-refractivity contribution in [3.05, 3.63) is 53.1 Å². The van der Waals surface area contributed by atoms with E-state index in [9.17, 15) is 13.2 Å². The Hall–Kier alpha value is -2.13. The molecule has 1 amide bonds. The van der Waals surface area contributed by atoms with Gasteiger partial charge in [0.1, 0.15) is 5.75 Å². The molecule has 1 heterocycles. The van der Waals surface area contributed by atoms with Gasteiger partial charge in [-0.2, -0.15) is 4.31 Å². The molecule has 9 heteroatoms. The Balaban J connectivity index is 1.57. The summed E-state index contributed by atoms with van der Waals surface area (Å²) in [7, 11) is -3.56. The summed E-state index contributed by atoms with van der Waals surface area (Å²) in [4.78, 5) is 12.2. The number of benzene rings is 2. The summed E-state index contributed by atoms with van der Waals surface area (Å²) in [6, 6.07) is 11.2. The van der Waals surface area contributed by atoms with Crippen molar-refractivity contribution in [3.63, 3.8) is 0 Å². The van der Waals surface area contributed by atoms with Crippen LogP contribution in [-0.4, -0.2) is 51.5 Å². The average Bonchev–Trinajstić information content (AvgIpc) is 2.70. The lowest BCUT2D eigenvalue weighted by Crippen LogP contribution is -2.40. The first kappa shape index (κ1) is 20.6. The van der Waals surface area contributed by atoms with Crippen molar-refractivity contribution in [2.45, 2.75) is 11.8 Å². The fraction of sp³-hybridized carbons (Fsp3) is 0.316. The SMILES string of the molecule is Cc1cc(OCC(=O)Nc2ccc(S(=O)(=O)N3CCOCC3)cc2)ccc1Cl. The topological polar surface area (TPSA) is 84.9 Å². The molecule has 0 bridgehead atoms. The number of aryl methyl sites for hydroxylation is 1. The number of nitrogens with zero attached hydrogens (tertiary/aromatic N) is 1. The number of halogens is 1. The van der Waals surface area contributed by atoms with Gasteiger partial charge < -0.3 is 14.8 Å². The highest BCUT2D eigenvalue weighted by Crippen LogP contribution is 2.21. The van der Waals surface area contributed by atoms with Crippen LogP contribution in [0, 0.1) is 6.92 Å². The van der Waals surface area contributed by atoms with Crippen molar-refractivity contribution in [1.82, 2.24) is 4.31 Å². The Morgan fingerprint density at radius 1 is 1.18 bits per heavy atom. The number of hydrogen-bond acceptors (Lipinski definition) is 5. The quantitative estimate of drug-likeness (QED) is 0.770. The number of ether oxygens (including phenoxy) is 2. The van der Waals surface area contributed by atoms with Crippen LogP contribution in [-0.2, 0) is 19.6 Å². The lowest BCUT2D eigenvalue weighted by molar-refractivity contribution is -0.118. The van der Waals surface area contributed by atoms with Gasteiger partial charge in [-0.15, -0.1) is 0 Å². The molecule has 0 unspecified atom stereocenters. The molecule has 3 rings (SSSR count). The second-order valence-electron chi connectivity index (χ2n) is 6.29. The zero-order valence-corrected chi connectivity index (χ0v) is 16.9. The first-order valence-electron chi connectivity index (χ1n) is 8.73. The number of carbonyl (C=O) groups is 1. The highest BCUT2D eigenvalue weighted by atomic mass is 35.5. The van der Waals surface area contributed by atoms with E-state index < -0.39 is 10.0 Å². The van der Waals surface area contributed by atoms with E-state index in [2.05, 4.69) is 5.32 Å². The first-order chi connectivity index (χ1) is 13.4. The van der Waals surface area contributed by atoms with Gasteiger partial charge in [0.2, 0.25) is 10.0 Å². The molecule has 1 fully saturated rings. The van der Waals surface area contributed by atoms with Crippen molar-refractivity contribution in [3.8, 4) is 5.75 Å². The van der Waals surface area contributed by atoms with Crippen molar-refractivity contribution < 1.29 is 22.7 Å². The van der Waals surface area contributed by atoms with Crippen LogP contribution < -0.4 is 10.1 Å². The third-order valence-corrected chi connectivity index (χ3v) is 6.58. The van der Waals surface area contributed by atoms with E-state index in [1.807, 2.05) is 6.92 Å². The Bertz CT molecular complexity index is 941. The van der Waals surface area contributed by atoms with Crippen LogP contribution in [0.2, 0.25) is 5.02 Å². The molecule has 28 heavy (non-hydrogen) atoms. The fourth-order valence-corrected chi connectivity index (χ4v) is 4.22. The van der Waals surface area contributed by atoms with Gasteiger partial charge in [0.25, 0.3) is 5.91 Å². The van der Waals surface area contributed by atoms with Crippen LogP contribution in [0.5, 0.6) is 5.75 Å². The number of morpholine rings is 1. The molecule has 0 aliphatic carbocycles. The van der Waals surface area contributed by atoms with Crippen LogP contribution in [0.4, 0.5) is 5.69 Å². The molecule has 2 aromatic carbocycles. The summed E-state index contributed by atoms with van der Waals surface area (Å²) in [5.41, 5.74) is 1.35. The molecule has 1 N–H and O–H groups in total. The summed E-state index contributed by atoms with van der Waals surface area (Å²) in [5, 5.41) is 3.31. The Kier molecular flexibility index (Phi) is 6.56. The molecule has 0 radical (unpaired) electrons. The van der Waals surface area contributed by atoms with Gasteiger partial charge in [-0.05, 0) is 55.0 Å². The zero-order chi connectivity index (χ0) is 20.1. The van der Waals surface area contributed by atoms with Crippen LogP contribution in [0.1, 0.15) is 5.56 Å². The molecule has 1 saturated heterocycles. The van der Waals surface area contributed by atoms with Gasteiger partial charge in [0.15, 0.2) is 6.61 Å². The second kappa shape index (κ2) is 8.91. The standard InChI is InChI=1S/C19H21ClN2O5S/c1-14-12-16(4-7-18(14)20)27-13-19(23)21-15-2-5-17(6-3-15)28(24,25)22-8-10-26-11-9-22/h2-7,12H,8-11,13H2,1H3,(H,21,23). The predicted octanol–water partition coefficient (Wildman–Crippen LogP) is 2.69. The fourth-order valence-electron chi connectivity index (χ4n) is 2.70. The number of hydrogen-bond donors (Lipinski definition) is 1. The highest BCUT2D eigenvalue weighted by Gasteiger charge is 2.26. The molecule has 150 valence electrons. The summed E-state index contributed by atoms with van der Waals surface area (Å²) < 4.78 is 37.2. The van der Waals surface area contributed by atoms with E-state index in [4.69, 9.17) is 21.1 Å². The van der Waals surface area contributed by atoms with Gasteiger partial charge in [-0.25, -0.2) is 8.42 Å². The molecule has 1 aliphatic rings. The number of sulfonamides is 1. The van der Waals surface area contributed by atoms with E-state index in [-0.39, 0.29) is 17.4 Å². The Morgan fingerprint density at radius 2 is 1.86 bits per heavy atom. The number of nitrogens with one attached hydrogen (secondary N) is 1. The first-order valence-corrected chi connectivity index (χ1v) is 10.5. The van der Waals surface area contributed by atoms with Gasteiger partial charge in [-0.3, -0.25) is 4.79 Å². The number of amides is 1. The van der Waals surface area contributed by atoms with Gasteiger partial charge in [0, 0.05) is 23.8 Å². The molecule has 0 atom stereocenters. The smallest absolute Gasteiger partial charge is 0.262 e. The van der Waals surface area contributed by atoms with E-state index in [1.165, 1.54) is 16.4 Å². The third-order valence-electron chi connectivity index (χ3n) is 4.25. The van der Waals surface area contributed by atoms with Crippen molar-refractivity contribution >= 4 is 33.2 Å². The molecule has 1 aliphatic heterocycles. The van der Waals surface area contributed by atoms with Crippen molar-refractivity contribution in [1.29, 1.82) is 0 Å². The minimum Gasteiger partial charge on any atom is -0.484 e. The van der Waals surface area contributed by atoms with Gasteiger partial charge in [-0.1, -0.05) is 11.6 Å². The summed E-state index contributed by atoms with van der Waals surface area (Å²) in [6.07, 6.45) is 0. The molecule has 7 nitrogen and oxygen atoms in total. The van der Waals surface area contributed by atoms with Crippen LogP contribution in [0.25, 0.3) is 0 Å². The maximum absolute atomic E-state index is 12.6. The predicted molar refractivity (Wildman–Crippen MR) is 106 cm³/mol. The zero-order valence-electron chi connectivity index (χ0n) is 15.4. The second-order valence-corrected chi connectivity index (χ2v) is 8.63. The largest absolute Gasteiger partial charge is 0.484 e. The molecule has 0 saturated carbocycles. The number of carbonyl (C=O) groups excluding carboxylic acids is 1. The van der Waals surface area contributed by atoms with E-state index in [0.717, 1.165) is 5.56 Å². The maximum Gasteiger partial charge on any atom is 0.262 e. The number of rotatable bonds is 6. The third kappa shape index (κ3) is 5.02. The Morgan fingerprint density at radius 3 is 2.50 bits per heavy atom. The van der Waals surface area contributed by atoms with E-state index in [0.29, 0.717) is 42.8 Å². The summed E-state index contributed by atoms with van der Waals surface area (Å²) in [6.45, 7) is 3.13. The minimum atomic E-state index is -3.56. The highest BCUT2D eigenvalue weighted by molar-refractivity contribution is 7.89. The molecule has 0 spiro atoms. The molecular formula is C19H21ClN2O5S. The van der Waals surface area contributed by atoms with Crippen molar-refractivity contribution in [2.75, 3.05) is 38.2 Å². The molecular weight excluding hydrogens is 404 g/mol. The lowest BCUT2D eigenvalue weighted by atomic mass is 10.2. The average molecular weight is 425 g/mol. The van der Waals surface area contributed by atoms with Gasteiger partial charge >= 0.3 is 0 Å². The summed E-state index contributed by atoms with van der Waals surface area (Å²) in [5.74, 6) is 0.195. The van der Waals surface area contributed by atoms with Crippen LogP contribution >= 0.6 is 11.6 Å². The number of anilines is 1. The van der Waals surface area contributed by atoms with Gasteiger partial charge in [0.05, 0.1) is 18.1 Å².